The lowest BCUT2D eigenvalue weighted by molar-refractivity contribution is -0.132. The molecule has 35 heavy (non-hydrogen) atoms. The number of hydrogen-bond donors (Lipinski definition) is 1. The van der Waals surface area contributed by atoms with Crippen molar-refractivity contribution in [2.45, 2.75) is 13.0 Å². The Labute approximate surface area is 205 Å². The first kappa shape index (κ1) is 22.8. The third-order valence-electron chi connectivity index (χ3n) is 6.02. The topological polar surface area (TPSA) is 94.5 Å². The number of aliphatic hydroxyl groups excluding tert-OH is 1. The maximum absolute atomic E-state index is 13.4. The number of carbonyl (C=O) groups excluding carboxylic acids is 2. The van der Waals surface area contributed by atoms with Gasteiger partial charge in [-0.2, -0.15) is 0 Å². The summed E-state index contributed by atoms with van der Waals surface area (Å²) in [5.74, 6) is 0.146. The van der Waals surface area contributed by atoms with Crippen LogP contribution in [0.4, 0.5) is 5.69 Å². The van der Waals surface area contributed by atoms with Gasteiger partial charge in [0.15, 0.2) is 11.5 Å². The largest absolute Gasteiger partial charge is 0.507 e. The molecular formula is C26H23NO7S. The summed E-state index contributed by atoms with van der Waals surface area (Å²) in [4.78, 5) is 29.0. The number of anilines is 1. The molecule has 180 valence electrons. The predicted octanol–water partition coefficient (Wildman–Crippen LogP) is 4.47. The highest BCUT2D eigenvalue weighted by Gasteiger charge is 2.48. The Kier molecular flexibility index (Phi) is 5.86. The van der Waals surface area contributed by atoms with Gasteiger partial charge in [-0.3, -0.25) is 14.5 Å². The maximum Gasteiger partial charge on any atom is 0.300 e. The quantitative estimate of drug-likeness (QED) is 0.318. The number of ether oxygens (including phenoxy) is 4. The minimum absolute atomic E-state index is 0.000912. The van der Waals surface area contributed by atoms with E-state index in [1.54, 1.807) is 36.4 Å². The molecule has 1 amide bonds. The Balaban J connectivity index is 1.70. The molecule has 9 heteroatoms. The average Bonchev–Trinajstić information content (AvgIpc) is 3.42. The Morgan fingerprint density at radius 1 is 1.00 bits per heavy atom. The molecule has 1 N–H and O–H groups in total. The third kappa shape index (κ3) is 3.87. The minimum atomic E-state index is -0.833. The first-order valence-corrected chi connectivity index (χ1v) is 11.8. The highest BCUT2D eigenvalue weighted by atomic mass is 32.1. The van der Waals surface area contributed by atoms with E-state index in [1.165, 1.54) is 30.5 Å². The van der Waals surface area contributed by atoms with Gasteiger partial charge in [0.25, 0.3) is 11.7 Å². The number of aliphatic hydroxyl groups is 1. The molecular weight excluding hydrogens is 470 g/mol. The monoisotopic (exact) mass is 493 g/mol. The van der Waals surface area contributed by atoms with E-state index in [1.807, 2.05) is 18.4 Å². The Morgan fingerprint density at radius 3 is 2.31 bits per heavy atom. The highest BCUT2D eigenvalue weighted by Crippen LogP contribution is 2.46. The third-order valence-corrected chi connectivity index (χ3v) is 7.10. The zero-order valence-electron chi connectivity index (χ0n) is 19.4. The van der Waals surface area contributed by atoms with Crippen molar-refractivity contribution in [1.82, 2.24) is 0 Å². The molecule has 2 aromatic carbocycles. The number of nitrogens with zero attached hydrogens (tertiary/aromatic N) is 1. The molecule has 0 spiro atoms. The van der Waals surface area contributed by atoms with Gasteiger partial charge in [0, 0.05) is 28.6 Å². The summed E-state index contributed by atoms with van der Waals surface area (Å²) in [5, 5.41) is 13.3. The fourth-order valence-electron chi connectivity index (χ4n) is 4.29. The molecule has 2 aliphatic rings. The molecule has 1 aromatic heterocycles. The minimum Gasteiger partial charge on any atom is -0.507 e. The van der Waals surface area contributed by atoms with Crippen LogP contribution in [0.25, 0.3) is 5.76 Å². The van der Waals surface area contributed by atoms with Crippen LogP contribution in [0.2, 0.25) is 0 Å². The molecule has 3 aromatic rings. The van der Waals surface area contributed by atoms with Gasteiger partial charge >= 0.3 is 0 Å². The van der Waals surface area contributed by atoms with Crippen LogP contribution in [0.1, 0.15) is 22.0 Å². The molecule has 8 nitrogen and oxygen atoms in total. The number of rotatable bonds is 5. The summed E-state index contributed by atoms with van der Waals surface area (Å²) in [6, 6.07) is 11.0. The number of thiophene rings is 1. The second kappa shape index (κ2) is 8.99. The lowest BCUT2D eigenvalue weighted by Crippen LogP contribution is -2.29. The van der Waals surface area contributed by atoms with E-state index in [-0.39, 0.29) is 11.3 Å². The van der Waals surface area contributed by atoms with Gasteiger partial charge in [-0.25, -0.2) is 0 Å². The smallest absolute Gasteiger partial charge is 0.300 e. The van der Waals surface area contributed by atoms with Gasteiger partial charge in [0.05, 0.1) is 25.5 Å². The molecule has 0 aliphatic carbocycles. The van der Waals surface area contributed by atoms with Gasteiger partial charge in [0.2, 0.25) is 0 Å². The van der Waals surface area contributed by atoms with Crippen LogP contribution in [0.15, 0.2) is 53.4 Å². The fourth-order valence-corrected chi connectivity index (χ4v) is 5.31. The van der Waals surface area contributed by atoms with E-state index in [9.17, 15) is 14.7 Å². The number of fused-ring (bicyclic) bond motifs is 1. The first-order valence-electron chi connectivity index (χ1n) is 10.9. The van der Waals surface area contributed by atoms with Crippen LogP contribution in [0.5, 0.6) is 23.0 Å². The van der Waals surface area contributed by atoms with Crippen molar-refractivity contribution in [3.8, 4) is 23.0 Å². The number of methoxy groups -OCH3 is 2. The van der Waals surface area contributed by atoms with E-state index in [4.69, 9.17) is 18.9 Å². The van der Waals surface area contributed by atoms with Crippen LogP contribution in [-0.2, 0) is 9.59 Å². The van der Waals surface area contributed by atoms with Crippen molar-refractivity contribution >= 4 is 34.5 Å². The average molecular weight is 494 g/mol. The number of Topliss-reactive ketones (excluding diaryl/α,β-unsaturated/α-hetero) is 1. The van der Waals surface area contributed by atoms with Crippen molar-refractivity contribution < 1.29 is 33.6 Å². The Hall–Kier alpha value is -3.98. The summed E-state index contributed by atoms with van der Waals surface area (Å²) >= 11 is 1.41. The van der Waals surface area contributed by atoms with Crippen molar-refractivity contribution in [1.29, 1.82) is 0 Å². The number of aryl methyl sites for hydroxylation is 1. The Bertz CT molecular complexity index is 1340. The van der Waals surface area contributed by atoms with Gasteiger partial charge in [-0.05, 0) is 42.1 Å². The normalized spacial score (nSPS) is 18.6. The van der Waals surface area contributed by atoms with E-state index in [0.717, 1.165) is 10.4 Å². The molecule has 1 fully saturated rings. The number of benzene rings is 2. The number of hydrogen-bond acceptors (Lipinski definition) is 8. The molecule has 3 heterocycles. The zero-order valence-corrected chi connectivity index (χ0v) is 20.2. The maximum atomic E-state index is 13.4. The molecule has 2 aliphatic heterocycles. The Morgan fingerprint density at radius 2 is 1.69 bits per heavy atom. The summed E-state index contributed by atoms with van der Waals surface area (Å²) in [5.41, 5.74) is 1.67. The van der Waals surface area contributed by atoms with Crippen LogP contribution in [0, 0.1) is 6.92 Å². The van der Waals surface area contributed by atoms with Crippen LogP contribution < -0.4 is 23.8 Å². The van der Waals surface area contributed by atoms with Gasteiger partial charge in [-0.15, -0.1) is 11.3 Å². The van der Waals surface area contributed by atoms with Crippen LogP contribution >= 0.6 is 11.3 Å². The van der Waals surface area contributed by atoms with Crippen LogP contribution in [-0.4, -0.2) is 44.2 Å². The predicted molar refractivity (Wildman–Crippen MR) is 131 cm³/mol. The van der Waals surface area contributed by atoms with Gasteiger partial charge < -0.3 is 24.1 Å². The standard InChI is InChI=1S/C26H23NO7S/c1-14-6-9-35-25(14)22-21(23(28)15-4-5-19-20(10-15)34-8-7-33-19)24(29)26(30)27(22)16-11-17(31-2)13-18(12-16)32-3/h4-6,9-13,22,28H,7-8H2,1-3H3/b23-21-. The van der Waals surface area contributed by atoms with Crippen molar-refractivity contribution in [3.05, 3.63) is 69.4 Å². The molecule has 0 saturated carbocycles. The molecule has 1 atom stereocenters. The van der Waals surface area contributed by atoms with E-state index in [2.05, 4.69) is 0 Å². The van der Waals surface area contributed by atoms with Crippen LogP contribution in [0.3, 0.4) is 0 Å². The highest BCUT2D eigenvalue weighted by molar-refractivity contribution is 7.10. The van der Waals surface area contributed by atoms with E-state index in [0.29, 0.717) is 47.5 Å². The first-order chi connectivity index (χ1) is 16.9. The van der Waals surface area contributed by atoms with E-state index >= 15 is 0 Å². The second-order valence-corrected chi connectivity index (χ2v) is 9.01. The zero-order chi connectivity index (χ0) is 24.7. The van der Waals surface area contributed by atoms with Crippen molar-refractivity contribution in [3.63, 3.8) is 0 Å². The van der Waals surface area contributed by atoms with Crippen molar-refractivity contribution in [2.75, 3.05) is 32.3 Å². The molecule has 1 saturated heterocycles. The lowest BCUT2D eigenvalue weighted by atomic mass is 9.98. The van der Waals surface area contributed by atoms with Crippen molar-refractivity contribution in [2.24, 2.45) is 0 Å². The summed E-state index contributed by atoms with van der Waals surface area (Å²) in [6.45, 7) is 2.72. The van der Waals surface area contributed by atoms with Gasteiger partial charge in [-0.1, -0.05) is 0 Å². The molecule has 0 bridgehead atoms. The summed E-state index contributed by atoms with van der Waals surface area (Å²) < 4.78 is 22.0. The second-order valence-electron chi connectivity index (χ2n) is 8.07. The number of ketones is 1. The molecule has 1 unspecified atom stereocenters. The number of amides is 1. The van der Waals surface area contributed by atoms with Gasteiger partial charge in [0.1, 0.15) is 36.5 Å². The SMILES string of the molecule is COc1cc(OC)cc(N2C(=O)C(=O)/C(=C(\O)c3ccc4c(c3)OCCO4)C2c2sccc2C)c1. The fraction of sp³-hybridized carbons (Fsp3) is 0.231. The molecule has 5 rings (SSSR count). The summed E-state index contributed by atoms with van der Waals surface area (Å²) in [6.07, 6.45) is 0. The lowest BCUT2D eigenvalue weighted by Gasteiger charge is -2.26. The molecule has 0 radical (unpaired) electrons. The summed E-state index contributed by atoms with van der Waals surface area (Å²) in [7, 11) is 3.02. The number of carbonyl (C=O) groups is 2. The van der Waals surface area contributed by atoms with E-state index < -0.39 is 17.7 Å².